The highest BCUT2D eigenvalue weighted by Crippen LogP contribution is 2.37. The second-order valence-corrected chi connectivity index (χ2v) is 5.53. The second kappa shape index (κ2) is 5.39. The normalized spacial score (nSPS) is 10.4. The van der Waals surface area contributed by atoms with Gasteiger partial charge in [0, 0.05) is 15.8 Å². The largest absolute Gasteiger partial charge is 0.399 e. The van der Waals surface area contributed by atoms with Gasteiger partial charge in [0.2, 0.25) is 0 Å². The molecule has 3 N–H and O–H groups in total. The van der Waals surface area contributed by atoms with Crippen LogP contribution >= 0.6 is 39.1 Å². The number of rotatable bonds is 2. The molecule has 94 valence electrons. The number of halogens is 3. The number of nitrogen functional groups attached to an aromatic ring is 1. The Hall–Kier alpha value is -0.900. The third-order valence-electron chi connectivity index (χ3n) is 2.58. The second-order valence-electron chi connectivity index (χ2n) is 3.92. The number of hydrogen-bond donors (Lipinski definition) is 2. The lowest BCUT2D eigenvalue weighted by Gasteiger charge is -2.11. The molecule has 2 rings (SSSR count). The monoisotopic (exact) mass is 344 g/mol. The number of hydrogen-bond acceptors (Lipinski definition) is 2. The first-order valence-electron chi connectivity index (χ1n) is 5.25. The minimum absolute atomic E-state index is 0.487. The van der Waals surface area contributed by atoms with Gasteiger partial charge in [-0.2, -0.15) is 0 Å². The van der Waals surface area contributed by atoms with Crippen molar-refractivity contribution in [1.29, 1.82) is 0 Å². The number of nitrogens with one attached hydrogen (secondary N) is 1. The average molecular weight is 346 g/mol. The summed E-state index contributed by atoms with van der Waals surface area (Å²) in [5.41, 5.74) is 9.23. The number of anilines is 3. The Balaban J connectivity index is 2.34. The summed E-state index contributed by atoms with van der Waals surface area (Å²) in [4.78, 5) is 0. The van der Waals surface area contributed by atoms with E-state index in [9.17, 15) is 0 Å². The third-order valence-corrected chi connectivity index (χ3v) is 4.35. The molecule has 5 heteroatoms. The smallest absolute Gasteiger partial charge is 0.0838 e. The van der Waals surface area contributed by atoms with Gasteiger partial charge in [0.25, 0.3) is 0 Å². The molecule has 0 fully saturated rings. The zero-order chi connectivity index (χ0) is 13.3. The summed E-state index contributed by atoms with van der Waals surface area (Å²) < 4.78 is 0.771. The van der Waals surface area contributed by atoms with E-state index in [0.717, 1.165) is 27.1 Å². The molecular formula is C13H11BrCl2N2. The van der Waals surface area contributed by atoms with E-state index in [0.29, 0.717) is 10.0 Å². The molecule has 0 heterocycles. The number of aryl methyl sites for hydroxylation is 1. The molecule has 0 saturated heterocycles. The van der Waals surface area contributed by atoms with E-state index in [1.807, 2.05) is 37.3 Å². The maximum absolute atomic E-state index is 6.17. The van der Waals surface area contributed by atoms with E-state index in [2.05, 4.69) is 21.2 Å². The summed E-state index contributed by atoms with van der Waals surface area (Å²) in [6.45, 7) is 1.96. The minimum Gasteiger partial charge on any atom is -0.399 e. The molecule has 0 spiro atoms. The van der Waals surface area contributed by atoms with Gasteiger partial charge in [-0.05, 0) is 58.7 Å². The lowest BCUT2D eigenvalue weighted by Crippen LogP contribution is -1.95. The molecule has 18 heavy (non-hydrogen) atoms. The predicted molar refractivity (Wildman–Crippen MR) is 83.0 cm³/mol. The zero-order valence-electron chi connectivity index (χ0n) is 9.60. The predicted octanol–water partition coefficient (Wildman–Crippen LogP) is 5.39. The van der Waals surface area contributed by atoms with Gasteiger partial charge < -0.3 is 11.1 Å². The van der Waals surface area contributed by atoms with Crippen molar-refractivity contribution in [1.82, 2.24) is 0 Å². The van der Waals surface area contributed by atoms with Crippen LogP contribution in [0.3, 0.4) is 0 Å². The van der Waals surface area contributed by atoms with Crippen LogP contribution in [0.5, 0.6) is 0 Å². The van der Waals surface area contributed by atoms with Crippen molar-refractivity contribution in [2.24, 2.45) is 0 Å². The Bertz CT molecular complexity index is 600. The van der Waals surface area contributed by atoms with Crippen molar-refractivity contribution in [2.75, 3.05) is 11.1 Å². The van der Waals surface area contributed by atoms with Gasteiger partial charge in [-0.15, -0.1) is 0 Å². The fourth-order valence-corrected chi connectivity index (χ4v) is 2.35. The summed E-state index contributed by atoms with van der Waals surface area (Å²) >= 11 is 15.6. The van der Waals surface area contributed by atoms with E-state index in [4.69, 9.17) is 28.9 Å². The SMILES string of the molecule is Cc1cc(Nc2ccc(Br)c(Cl)c2Cl)ccc1N. The van der Waals surface area contributed by atoms with E-state index in [1.54, 1.807) is 0 Å². The standard InChI is InChI=1S/C13H11BrCl2N2/c1-7-6-8(2-4-10(7)17)18-11-5-3-9(14)12(15)13(11)16/h2-6,18H,17H2,1H3. The van der Waals surface area contributed by atoms with Crippen LogP contribution in [-0.2, 0) is 0 Å². The van der Waals surface area contributed by atoms with Gasteiger partial charge in [-0.3, -0.25) is 0 Å². The van der Waals surface area contributed by atoms with Crippen LogP contribution in [0.1, 0.15) is 5.56 Å². The van der Waals surface area contributed by atoms with Gasteiger partial charge >= 0.3 is 0 Å². The first-order chi connectivity index (χ1) is 8.49. The molecular weight excluding hydrogens is 335 g/mol. The van der Waals surface area contributed by atoms with Crippen LogP contribution in [0.25, 0.3) is 0 Å². The molecule has 0 radical (unpaired) electrons. The highest BCUT2D eigenvalue weighted by Gasteiger charge is 2.08. The van der Waals surface area contributed by atoms with Crippen molar-refractivity contribution < 1.29 is 0 Å². The number of benzene rings is 2. The lowest BCUT2D eigenvalue weighted by molar-refractivity contribution is 1.45. The van der Waals surface area contributed by atoms with Crippen LogP contribution < -0.4 is 11.1 Å². The molecule has 0 aliphatic heterocycles. The van der Waals surface area contributed by atoms with Gasteiger partial charge in [-0.25, -0.2) is 0 Å². The molecule has 2 aromatic carbocycles. The van der Waals surface area contributed by atoms with Crippen molar-refractivity contribution in [3.05, 3.63) is 50.4 Å². The molecule has 2 aromatic rings. The summed E-state index contributed by atoms with van der Waals surface area (Å²) in [5.74, 6) is 0. The summed E-state index contributed by atoms with van der Waals surface area (Å²) in [5, 5.41) is 4.20. The Morgan fingerprint density at radius 3 is 2.50 bits per heavy atom. The van der Waals surface area contributed by atoms with Gasteiger partial charge in [0.1, 0.15) is 0 Å². The van der Waals surface area contributed by atoms with Crippen LogP contribution in [0.15, 0.2) is 34.8 Å². The molecule has 0 aliphatic rings. The molecule has 0 aliphatic carbocycles. The van der Waals surface area contributed by atoms with E-state index in [-0.39, 0.29) is 0 Å². The Labute approximate surface area is 124 Å². The fourth-order valence-electron chi connectivity index (χ4n) is 1.53. The Morgan fingerprint density at radius 1 is 1.11 bits per heavy atom. The van der Waals surface area contributed by atoms with Crippen molar-refractivity contribution >= 4 is 56.2 Å². The van der Waals surface area contributed by atoms with Crippen LogP contribution in [0.2, 0.25) is 10.0 Å². The first kappa shape index (κ1) is 13.5. The molecule has 0 bridgehead atoms. The maximum atomic E-state index is 6.17. The molecule has 0 saturated carbocycles. The van der Waals surface area contributed by atoms with Crippen LogP contribution in [-0.4, -0.2) is 0 Å². The van der Waals surface area contributed by atoms with E-state index in [1.165, 1.54) is 0 Å². The van der Waals surface area contributed by atoms with Gasteiger partial charge in [0.15, 0.2) is 0 Å². The Morgan fingerprint density at radius 2 is 1.83 bits per heavy atom. The van der Waals surface area contributed by atoms with E-state index < -0.39 is 0 Å². The molecule has 0 unspecified atom stereocenters. The fraction of sp³-hybridized carbons (Fsp3) is 0.0769. The summed E-state index contributed by atoms with van der Waals surface area (Å²) in [6.07, 6.45) is 0. The molecule has 0 aromatic heterocycles. The quantitative estimate of drug-likeness (QED) is 0.565. The van der Waals surface area contributed by atoms with Crippen molar-refractivity contribution in [3.63, 3.8) is 0 Å². The first-order valence-corrected chi connectivity index (χ1v) is 6.80. The van der Waals surface area contributed by atoms with Gasteiger partial charge in [0.05, 0.1) is 15.7 Å². The lowest BCUT2D eigenvalue weighted by atomic mass is 10.2. The summed E-state index contributed by atoms with van der Waals surface area (Å²) in [6, 6.07) is 9.42. The molecule has 0 atom stereocenters. The van der Waals surface area contributed by atoms with Crippen molar-refractivity contribution in [2.45, 2.75) is 6.92 Å². The Kier molecular flexibility index (Phi) is 4.05. The highest BCUT2D eigenvalue weighted by molar-refractivity contribution is 9.10. The molecule has 2 nitrogen and oxygen atoms in total. The van der Waals surface area contributed by atoms with Crippen LogP contribution in [0, 0.1) is 6.92 Å². The van der Waals surface area contributed by atoms with Crippen LogP contribution in [0.4, 0.5) is 17.1 Å². The maximum Gasteiger partial charge on any atom is 0.0838 e. The topological polar surface area (TPSA) is 38.0 Å². The minimum atomic E-state index is 0.487. The summed E-state index contributed by atoms with van der Waals surface area (Å²) in [7, 11) is 0. The third kappa shape index (κ3) is 2.74. The van der Waals surface area contributed by atoms with Gasteiger partial charge in [-0.1, -0.05) is 23.2 Å². The highest BCUT2D eigenvalue weighted by atomic mass is 79.9. The molecule has 0 amide bonds. The average Bonchev–Trinajstić information content (AvgIpc) is 2.34. The zero-order valence-corrected chi connectivity index (χ0v) is 12.7. The number of nitrogens with two attached hydrogens (primary N) is 1. The van der Waals surface area contributed by atoms with E-state index >= 15 is 0 Å². The van der Waals surface area contributed by atoms with Crippen molar-refractivity contribution in [3.8, 4) is 0 Å².